The Hall–Kier alpha value is -2.20. The molecule has 4 rings (SSSR count). The number of fused-ring (bicyclic) bond motifs is 10. The molecule has 0 aromatic rings. The van der Waals surface area contributed by atoms with E-state index in [1.54, 1.807) is 46.4 Å². The summed E-state index contributed by atoms with van der Waals surface area (Å²) in [6.45, 7) is 18.0. The summed E-state index contributed by atoms with van der Waals surface area (Å²) in [5, 5.41) is 11.4. The lowest BCUT2D eigenvalue weighted by Gasteiger charge is -2.44. The molecule has 4 saturated heterocycles. The number of aliphatic hydroxyl groups is 1. The first-order valence-electron chi connectivity index (χ1n) is 14.6. The topological polar surface area (TPSA) is 129 Å². The lowest BCUT2D eigenvalue weighted by atomic mass is 9.71. The first-order chi connectivity index (χ1) is 18.3. The third-order valence-electron chi connectivity index (χ3n) is 9.22. The number of amides is 1. The SMILES string of the molecule is CC[C@H]1OC(=O)[C@]2(C)CCO[C@@](C)(C[C@@H](C)CN(C(=O)OC(C)(C)C)[C@H](C)[C@H]3CC(=O)O[C@@]31C)[C@H](O)[C@@H](C)C2=O. The molecule has 10 heteroatoms. The molecule has 0 aliphatic carbocycles. The Morgan fingerprint density at radius 2 is 1.75 bits per heavy atom. The van der Waals surface area contributed by atoms with Crippen LogP contribution in [0, 0.1) is 23.2 Å². The second-order valence-electron chi connectivity index (χ2n) is 13.8. The maximum Gasteiger partial charge on any atom is 0.410 e. The largest absolute Gasteiger partial charge is 0.457 e. The Labute approximate surface area is 238 Å². The number of nitrogens with zero attached hydrogens (tertiary/aromatic N) is 1. The Morgan fingerprint density at radius 3 is 2.33 bits per heavy atom. The minimum absolute atomic E-state index is 0.0339. The van der Waals surface area contributed by atoms with Crippen LogP contribution in [-0.4, -0.2) is 82.0 Å². The van der Waals surface area contributed by atoms with Crippen LogP contribution in [0.2, 0.25) is 0 Å². The second kappa shape index (κ2) is 11.2. The van der Waals surface area contributed by atoms with Gasteiger partial charge in [-0.25, -0.2) is 4.79 Å². The second-order valence-corrected chi connectivity index (χ2v) is 13.8. The first-order valence-corrected chi connectivity index (χ1v) is 14.6. The summed E-state index contributed by atoms with van der Waals surface area (Å²) in [4.78, 5) is 55.5. The fourth-order valence-electron chi connectivity index (χ4n) is 6.85. The molecule has 1 amide bonds. The summed E-state index contributed by atoms with van der Waals surface area (Å²) >= 11 is 0. The zero-order valence-electron chi connectivity index (χ0n) is 25.9. The molecule has 40 heavy (non-hydrogen) atoms. The van der Waals surface area contributed by atoms with Crippen LogP contribution in [0.4, 0.5) is 4.79 Å². The zero-order valence-corrected chi connectivity index (χ0v) is 25.9. The van der Waals surface area contributed by atoms with Crippen molar-refractivity contribution in [2.24, 2.45) is 23.2 Å². The number of hydrogen-bond acceptors (Lipinski definition) is 9. The highest BCUT2D eigenvalue weighted by Gasteiger charge is 2.58. The molecule has 4 aliphatic heterocycles. The highest BCUT2D eigenvalue weighted by molar-refractivity contribution is 6.04. The van der Waals surface area contributed by atoms with Crippen molar-refractivity contribution in [3.05, 3.63) is 0 Å². The van der Waals surface area contributed by atoms with Crippen LogP contribution in [0.3, 0.4) is 0 Å². The third-order valence-corrected chi connectivity index (χ3v) is 9.22. The summed E-state index contributed by atoms with van der Waals surface area (Å²) < 4.78 is 24.0. The number of ether oxygens (including phenoxy) is 4. The van der Waals surface area contributed by atoms with E-state index in [4.69, 9.17) is 18.9 Å². The van der Waals surface area contributed by atoms with Crippen molar-refractivity contribution < 1.29 is 43.2 Å². The molecule has 0 aromatic carbocycles. The molecule has 0 saturated carbocycles. The van der Waals surface area contributed by atoms with E-state index in [0.29, 0.717) is 12.8 Å². The highest BCUT2D eigenvalue weighted by Crippen LogP contribution is 2.45. The number of aliphatic hydroxyl groups excluding tert-OH is 1. The van der Waals surface area contributed by atoms with Gasteiger partial charge in [-0.1, -0.05) is 20.8 Å². The van der Waals surface area contributed by atoms with E-state index in [2.05, 4.69) is 0 Å². The Kier molecular flexibility index (Phi) is 9.07. The summed E-state index contributed by atoms with van der Waals surface area (Å²) in [5.41, 5.74) is -4.65. The molecule has 228 valence electrons. The predicted molar refractivity (Wildman–Crippen MR) is 146 cm³/mol. The number of hydrogen-bond donors (Lipinski definition) is 1. The minimum atomic E-state index is -1.55. The fourth-order valence-corrected chi connectivity index (χ4v) is 6.85. The van der Waals surface area contributed by atoms with E-state index in [0.717, 1.165) is 0 Å². The molecular weight excluding hydrogens is 518 g/mol. The first kappa shape index (κ1) is 32.3. The van der Waals surface area contributed by atoms with Gasteiger partial charge in [0.1, 0.15) is 17.1 Å². The summed E-state index contributed by atoms with van der Waals surface area (Å²) in [6, 6.07) is -0.527. The Morgan fingerprint density at radius 1 is 1.12 bits per heavy atom. The predicted octanol–water partition coefficient (Wildman–Crippen LogP) is 4.05. The quantitative estimate of drug-likeness (QED) is 0.283. The Bertz CT molecular complexity index is 1010. The van der Waals surface area contributed by atoms with Crippen molar-refractivity contribution in [3.63, 3.8) is 0 Å². The maximum absolute atomic E-state index is 13.8. The molecule has 4 fully saturated rings. The molecule has 4 heterocycles. The summed E-state index contributed by atoms with van der Waals surface area (Å²) in [6.07, 6.45) is -1.82. The van der Waals surface area contributed by atoms with Gasteiger partial charge in [0.2, 0.25) is 0 Å². The van der Waals surface area contributed by atoms with Gasteiger partial charge < -0.3 is 29.0 Å². The van der Waals surface area contributed by atoms with Crippen LogP contribution in [0.25, 0.3) is 0 Å². The van der Waals surface area contributed by atoms with Gasteiger partial charge in [-0.05, 0) is 73.6 Å². The number of ketones is 1. The van der Waals surface area contributed by atoms with Crippen molar-refractivity contribution in [3.8, 4) is 0 Å². The highest BCUT2D eigenvalue weighted by atomic mass is 16.6. The van der Waals surface area contributed by atoms with Crippen LogP contribution in [0.15, 0.2) is 0 Å². The average molecular weight is 568 g/mol. The number of Topliss-reactive ketones (excluding diaryl/α,β-unsaturated/α-hetero) is 1. The number of esters is 2. The molecule has 4 aliphatic rings. The van der Waals surface area contributed by atoms with Gasteiger partial charge in [0.25, 0.3) is 0 Å². The van der Waals surface area contributed by atoms with Crippen molar-refractivity contribution in [2.45, 2.75) is 130 Å². The van der Waals surface area contributed by atoms with Gasteiger partial charge in [-0.15, -0.1) is 0 Å². The molecular formula is C30H49NO9. The molecule has 0 unspecified atom stereocenters. The van der Waals surface area contributed by atoms with Crippen molar-refractivity contribution in [1.29, 1.82) is 0 Å². The summed E-state index contributed by atoms with van der Waals surface area (Å²) in [5.74, 6) is -3.19. The molecule has 1 N–H and O–H groups in total. The summed E-state index contributed by atoms with van der Waals surface area (Å²) in [7, 11) is 0. The standard InChI is InChI=1S/C30H49NO9/c1-11-21-30(10)20(14-22(32)39-30)19(4)31(26(36)40-27(5,6)7)16-17(2)15-29(9)24(34)18(3)23(33)28(8,12-13-37-29)25(35)38-21/h17-21,24,34H,11-16H2,1-10H3/t17-,18+,19-,20-,21-,24-,28-,29+,30+/m1/s1. The minimum Gasteiger partial charge on any atom is -0.457 e. The van der Waals surface area contributed by atoms with Gasteiger partial charge in [-0.3, -0.25) is 14.4 Å². The molecule has 0 spiro atoms. The van der Waals surface area contributed by atoms with Gasteiger partial charge >= 0.3 is 18.0 Å². The lowest BCUT2D eigenvalue weighted by Crippen LogP contribution is -2.57. The average Bonchev–Trinajstić information content (AvgIpc) is 3.15. The van der Waals surface area contributed by atoms with Gasteiger partial charge in [-0.2, -0.15) is 0 Å². The van der Waals surface area contributed by atoms with E-state index < -0.39 is 76.1 Å². The van der Waals surface area contributed by atoms with E-state index in [1.165, 1.54) is 6.92 Å². The smallest absolute Gasteiger partial charge is 0.410 e. The molecule has 9 atom stereocenters. The van der Waals surface area contributed by atoms with Crippen LogP contribution in [0.1, 0.15) is 94.9 Å². The monoisotopic (exact) mass is 567 g/mol. The number of carbonyl (C=O) groups is 4. The maximum atomic E-state index is 13.8. The van der Waals surface area contributed by atoms with Gasteiger partial charge in [0.15, 0.2) is 11.4 Å². The van der Waals surface area contributed by atoms with Gasteiger partial charge in [0.05, 0.1) is 18.1 Å². The lowest BCUT2D eigenvalue weighted by molar-refractivity contribution is -0.195. The third kappa shape index (κ3) is 6.03. The Balaban J connectivity index is 2.17. The van der Waals surface area contributed by atoms with Crippen LogP contribution < -0.4 is 0 Å². The van der Waals surface area contributed by atoms with Crippen LogP contribution >= 0.6 is 0 Å². The van der Waals surface area contributed by atoms with Gasteiger partial charge in [0, 0.05) is 31.0 Å². The van der Waals surface area contributed by atoms with E-state index in [1.807, 2.05) is 20.8 Å². The fraction of sp³-hybridized carbons (Fsp3) is 0.867. The van der Waals surface area contributed by atoms with Crippen LogP contribution in [-0.2, 0) is 33.3 Å². The molecule has 0 aromatic heterocycles. The number of carbonyl (C=O) groups excluding carboxylic acids is 4. The molecule has 0 radical (unpaired) electrons. The van der Waals surface area contributed by atoms with Crippen LogP contribution in [0.5, 0.6) is 0 Å². The molecule has 10 nitrogen and oxygen atoms in total. The van der Waals surface area contributed by atoms with Crippen molar-refractivity contribution in [2.75, 3.05) is 13.2 Å². The van der Waals surface area contributed by atoms with E-state index >= 15 is 0 Å². The van der Waals surface area contributed by atoms with Crippen molar-refractivity contribution >= 4 is 23.8 Å². The van der Waals surface area contributed by atoms with E-state index in [-0.39, 0.29) is 31.9 Å². The van der Waals surface area contributed by atoms with Crippen molar-refractivity contribution in [1.82, 2.24) is 4.90 Å². The normalized spacial score (nSPS) is 41.8. The van der Waals surface area contributed by atoms with E-state index in [9.17, 15) is 24.3 Å². The number of rotatable bonds is 1. The zero-order chi connectivity index (χ0) is 30.4. The molecule has 2 bridgehead atoms.